The lowest BCUT2D eigenvalue weighted by Gasteiger charge is -2.31. The van der Waals surface area contributed by atoms with Crippen LogP contribution >= 0.6 is 11.3 Å². The molecule has 1 saturated heterocycles. The van der Waals surface area contributed by atoms with Gasteiger partial charge < -0.3 is 18.9 Å². The summed E-state index contributed by atoms with van der Waals surface area (Å²) >= 11 is 1.01. The van der Waals surface area contributed by atoms with E-state index >= 15 is 0 Å². The maximum absolute atomic E-state index is 12.7. The molecule has 0 spiro atoms. The molecule has 0 aliphatic carbocycles. The number of likely N-dealkylation sites (tertiary alicyclic amines) is 1. The Kier molecular flexibility index (Phi) is 7.10. The van der Waals surface area contributed by atoms with Crippen LogP contribution in [0.5, 0.6) is 0 Å². The number of sulfonamides is 1. The average Bonchev–Trinajstić information content (AvgIpc) is 3.39. The highest BCUT2D eigenvalue weighted by Gasteiger charge is 2.28. The van der Waals surface area contributed by atoms with Gasteiger partial charge in [0.1, 0.15) is 4.21 Å². The number of thiophene rings is 1. The van der Waals surface area contributed by atoms with Crippen molar-refractivity contribution in [2.45, 2.75) is 36.9 Å². The van der Waals surface area contributed by atoms with Crippen molar-refractivity contribution in [2.75, 3.05) is 26.3 Å². The number of hydrogen-bond acceptors (Lipinski definition) is 9. The average molecular weight is 458 g/mol. The molecule has 0 radical (unpaired) electrons. The van der Waals surface area contributed by atoms with Crippen LogP contribution in [0.4, 0.5) is 4.79 Å². The van der Waals surface area contributed by atoms with E-state index < -0.39 is 16.0 Å². The third-order valence-electron chi connectivity index (χ3n) is 4.43. The van der Waals surface area contributed by atoms with Crippen LogP contribution in [0.3, 0.4) is 0 Å². The molecule has 1 aliphatic heterocycles. The molecule has 1 amide bonds. The number of rotatable bonds is 7. The lowest BCUT2D eigenvalue weighted by atomic mass is 10.1. The third-order valence-corrected chi connectivity index (χ3v) is 7.54. The van der Waals surface area contributed by atoms with Crippen LogP contribution in [0.15, 0.2) is 26.9 Å². The van der Waals surface area contributed by atoms with Gasteiger partial charge in [-0.25, -0.2) is 22.7 Å². The predicted molar refractivity (Wildman–Crippen MR) is 108 cm³/mol. The summed E-state index contributed by atoms with van der Waals surface area (Å²) in [6.07, 6.45) is 0.624. The fourth-order valence-corrected chi connectivity index (χ4v) is 5.54. The first-order valence-corrected chi connectivity index (χ1v) is 11.8. The van der Waals surface area contributed by atoms with Crippen molar-refractivity contribution in [2.24, 2.45) is 0 Å². The number of hydrogen-bond donors (Lipinski definition) is 1. The van der Waals surface area contributed by atoms with Crippen LogP contribution < -0.4 is 4.72 Å². The summed E-state index contributed by atoms with van der Waals surface area (Å²) in [7, 11) is -3.73. The molecule has 0 unspecified atom stereocenters. The second-order valence-electron chi connectivity index (χ2n) is 6.50. The van der Waals surface area contributed by atoms with E-state index in [1.165, 1.54) is 12.1 Å². The molecular weight excluding hydrogens is 434 g/mol. The molecule has 10 nitrogen and oxygen atoms in total. The number of carbonyl (C=O) groups is 2. The van der Waals surface area contributed by atoms with Crippen molar-refractivity contribution in [1.29, 1.82) is 0 Å². The van der Waals surface area contributed by atoms with E-state index in [1.807, 2.05) is 0 Å². The van der Waals surface area contributed by atoms with Gasteiger partial charge in [0.05, 0.1) is 18.1 Å². The highest BCUT2D eigenvalue weighted by molar-refractivity contribution is 7.91. The highest BCUT2D eigenvalue weighted by atomic mass is 32.2. The van der Waals surface area contributed by atoms with Crippen molar-refractivity contribution in [3.8, 4) is 10.6 Å². The zero-order chi connectivity index (χ0) is 21.7. The molecule has 3 rings (SSSR count). The Morgan fingerprint density at radius 1 is 1.23 bits per heavy atom. The molecule has 0 bridgehead atoms. The van der Waals surface area contributed by atoms with Crippen molar-refractivity contribution >= 4 is 33.4 Å². The first kappa shape index (κ1) is 22.2. The smallest absolute Gasteiger partial charge is 0.409 e. The number of esters is 1. The van der Waals surface area contributed by atoms with Crippen LogP contribution in [0, 0.1) is 0 Å². The lowest BCUT2D eigenvalue weighted by molar-refractivity contribution is 0.0514. The second kappa shape index (κ2) is 9.58. The number of nitrogens with zero attached hydrogens (tertiary/aromatic N) is 2. The van der Waals surface area contributed by atoms with E-state index in [0.717, 1.165) is 11.3 Å². The minimum Gasteiger partial charge on any atom is -0.461 e. The Morgan fingerprint density at radius 2 is 1.93 bits per heavy atom. The summed E-state index contributed by atoms with van der Waals surface area (Å²) < 4.78 is 43.3. The molecule has 3 heterocycles. The summed E-state index contributed by atoms with van der Waals surface area (Å²) in [5.74, 6) is -0.319. The molecule has 1 aliphatic rings. The third kappa shape index (κ3) is 5.18. The van der Waals surface area contributed by atoms with Gasteiger partial charge in [-0.05, 0) is 38.8 Å². The van der Waals surface area contributed by atoms with E-state index in [1.54, 1.807) is 24.8 Å². The summed E-state index contributed by atoms with van der Waals surface area (Å²) in [4.78, 5) is 25.5. The van der Waals surface area contributed by atoms with Crippen LogP contribution in [0.2, 0.25) is 0 Å². The van der Waals surface area contributed by atoms with Gasteiger partial charge in [0.25, 0.3) is 0 Å². The SMILES string of the molecule is CCOC(=O)c1cc(-c2ccc(S(=O)(=O)NC3CCN(C(=O)OCC)CC3)s2)on1. The summed E-state index contributed by atoms with van der Waals surface area (Å²) in [5.41, 5.74) is 0.0242. The minimum atomic E-state index is -3.73. The van der Waals surface area contributed by atoms with Crippen LogP contribution in [-0.2, 0) is 19.5 Å². The van der Waals surface area contributed by atoms with Gasteiger partial charge >= 0.3 is 12.1 Å². The number of amides is 1. The molecule has 0 saturated carbocycles. The fraction of sp³-hybridized carbons (Fsp3) is 0.500. The summed E-state index contributed by atoms with van der Waals surface area (Å²) in [6, 6.07) is 4.21. The molecule has 12 heteroatoms. The molecular formula is C18H23N3O7S2. The standard InChI is InChI=1S/C18H23N3O7S2/c1-3-26-17(22)13-11-14(28-19-13)15-5-6-16(29-15)30(24,25)20-12-7-9-21(10-8-12)18(23)27-4-2/h5-6,11-12,20H,3-4,7-10H2,1-2H3. The van der Waals surface area contributed by atoms with Gasteiger partial charge in [-0.3, -0.25) is 0 Å². The van der Waals surface area contributed by atoms with Crippen molar-refractivity contribution < 1.29 is 32.0 Å². The minimum absolute atomic E-state index is 0.0242. The van der Waals surface area contributed by atoms with Gasteiger partial charge in [0.2, 0.25) is 10.0 Å². The molecule has 164 valence electrons. The zero-order valence-electron chi connectivity index (χ0n) is 16.6. The molecule has 0 atom stereocenters. The molecule has 1 fully saturated rings. The number of nitrogens with one attached hydrogen (secondary N) is 1. The Balaban J connectivity index is 1.62. The van der Waals surface area contributed by atoms with E-state index in [2.05, 4.69) is 9.88 Å². The Bertz CT molecular complexity index is 991. The van der Waals surface area contributed by atoms with E-state index in [9.17, 15) is 18.0 Å². The first-order valence-electron chi connectivity index (χ1n) is 9.52. The van der Waals surface area contributed by atoms with Gasteiger partial charge in [0.15, 0.2) is 11.5 Å². The molecule has 1 N–H and O–H groups in total. The van der Waals surface area contributed by atoms with Crippen LogP contribution in [0.1, 0.15) is 37.2 Å². The van der Waals surface area contributed by atoms with Crippen molar-refractivity contribution in [1.82, 2.24) is 14.8 Å². The zero-order valence-corrected chi connectivity index (χ0v) is 18.3. The highest BCUT2D eigenvalue weighted by Crippen LogP contribution is 2.31. The molecule has 2 aromatic rings. The van der Waals surface area contributed by atoms with Gasteiger partial charge in [-0.2, -0.15) is 0 Å². The Labute approximate surface area is 178 Å². The quantitative estimate of drug-likeness (QED) is 0.628. The van der Waals surface area contributed by atoms with Gasteiger partial charge in [-0.1, -0.05) is 5.16 Å². The lowest BCUT2D eigenvalue weighted by Crippen LogP contribution is -2.46. The number of carbonyl (C=O) groups excluding carboxylic acids is 2. The van der Waals surface area contributed by atoms with E-state index in [-0.39, 0.29) is 34.4 Å². The fourth-order valence-electron chi connectivity index (χ4n) is 2.96. The van der Waals surface area contributed by atoms with Gasteiger partial charge in [0, 0.05) is 25.2 Å². The normalized spacial score (nSPS) is 15.2. The maximum atomic E-state index is 12.7. The first-order chi connectivity index (χ1) is 14.3. The van der Waals surface area contributed by atoms with Crippen LogP contribution in [-0.4, -0.2) is 62.9 Å². The van der Waals surface area contributed by atoms with Crippen molar-refractivity contribution in [3.05, 3.63) is 23.9 Å². The second-order valence-corrected chi connectivity index (χ2v) is 9.52. The summed E-state index contributed by atoms with van der Waals surface area (Å²) in [6.45, 7) is 4.80. The molecule has 2 aromatic heterocycles. The van der Waals surface area contributed by atoms with E-state index in [0.29, 0.717) is 37.4 Å². The molecule has 0 aromatic carbocycles. The van der Waals surface area contributed by atoms with E-state index in [4.69, 9.17) is 14.0 Å². The van der Waals surface area contributed by atoms with Crippen molar-refractivity contribution in [3.63, 3.8) is 0 Å². The van der Waals surface area contributed by atoms with Crippen LogP contribution in [0.25, 0.3) is 10.6 Å². The number of ether oxygens (including phenoxy) is 2. The monoisotopic (exact) mass is 457 g/mol. The topological polar surface area (TPSA) is 128 Å². The predicted octanol–water partition coefficient (Wildman–Crippen LogP) is 2.48. The maximum Gasteiger partial charge on any atom is 0.409 e. The Hall–Kier alpha value is -2.44. The largest absolute Gasteiger partial charge is 0.461 e. The number of aromatic nitrogens is 1. The number of piperidine rings is 1. The molecule has 30 heavy (non-hydrogen) atoms. The van der Waals surface area contributed by atoms with Gasteiger partial charge in [-0.15, -0.1) is 11.3 Å². The Morgan fingerprint density at radius 3 is 2.60 bits per heavy atom. The summed E-state index contributed by atoms with van der Waals surface area (Å²) in [5, 5.41) is 3.66.